The van der Waals surface area contributed by atoms with Crippen molar-refractivity contribution < 1.29 is 4.79 Å². The molecule has 0 spiro atoms. The van der Waals surface area contributed by atoms with Gasteiger partial charge in [0.05, 0.1) is 6.54 Å². The van der Waals surface area contributed by atoms with Gasteiger partial charge in [0.15, 0.2) is 5.96 Å². The van der Waals surface area contributed by atoms with Crippen LogP contribution in [0.3, 0.4) is 0 Å². The molecule has 0 heterocycles. The number of nitrogens with two attached hydrogens (primary N) is 1. The van der Waals surface area contributed by atoms with Crippen molar-refractivity contribution in [2.45, 2.75) is 39.7 Å². The van der Waals surface area contributed by atoms with E-state index in [0.29, 0.717) is 25.1 Å². The minimum atomic E-state index is -0.346. The van der Waals surface area contributed by atoms with Crippen LogP contribution in [0.25, 0.3) is 0 Å². The number of carbonyl (C=O) groups is 1. The van der Waals surface area contributed by atoms with Gasteiger partial charge in [0.2, 0.25) is 5.91 Å². The van der Waals surface area contributed by atoms with Crippen molar-refractivity contribution in [3.8, 4) is 0 Å². The average Bonchev–Trinajstić information content (AvgIpc) is 2.94. The summed E-state index contributed by atoms with van der Waals surface area (Å²) in [6.07, 6.45) is 2.36. The summed E-state index contributed by atoms with van der Waals surface area (Å²) < 4.78 is 0. The van der Waals surface area contributed by atoms with Gasteiger partial charge >= 0.3 is 0 Å². The first kappa shape index (κ1) is 12.8. The summed E-state index contributed by atoms with van der Waals surface area (Å²) in [4.78, 5) is 15.6. The van der Waals surface area contributed by atoms with Crippen molar-refractivity contribution in [2.24, 2.45) is 16.1 Å². The van der Waals surface area contributed by atoms with Crippen molar-refractivity contribution in [2.75, 3.05) is 13.1 Å². The highest BCUT2D eigenvalue weighted by molar-refractivity contribution is 5.81. The second-order valence-corrected chi connectivity index (χ2v) is 5.19. The maximum Gasteiger partial charge on any atom is 0.225 e. The van der Waals surface area contributed by atoms with E-state index in [4.69, 9.17) is 5.73 Å². The van der Waals surface area contributed by atoms with Crippen molar-refractivity contribution in [3.63, 3.8) is 0 Å². The fourth-order valence-electron chi connectivity index (χ4n) is 1.09. The molecule has 0 aliphatic heterocycles. The Balaban J connectivity index is 2.12. The first-order valence-electron chi connectivity index (χ1n) is 5.74. The molecular formula is C11H22N4O. The average molecular weight is 226 g/mol. The molecule has 0 bridgehead atoms. The Hall–Kier alpha value is -1.26. The molecule has 1 saturated carbocycles. The zero-order valence-corrected chi connectivity index (χ0v) is 10.3. The molecule has 0 radical (unpaired) electrons. The number of carbonyl (C=O) groups excluding carboxylic acids is 1. The fourth-order valence-corrected chi connectivity index (χ4v) is 1.09. The molecule has 0 unspecified atom stereocenters. The molecular weight excluding hydrogens is 204 g/mol. The summed E-state index contributed by atoms with van der Waals surface area (Å²) in [5, 5.41) is 5.90. The largest absolute Gasteiger partial charge is 0.370 e. The Bertz CT molecular complexity index is 276. The van der Waals surface area contributed by atoms with Gasteiger partial charge in [0.1, 0.15) is 0 Å². The van der Waals surface area contributed by atoms with Crippen molar-refractivity contribution in [3.05, 3.63) is 0 Å². The lowest BCUT2D eigenvalue weighted by Gasteiger charge is -2.17. The monoisotopic (exact) mass is 226 g/mol. The lowest BCUT2D eigenvalue weighted by Crippen LogP contribution is -2.37. The Labute approximate surface area is 96.9 Å². The number of hydrogen-bond donors (Lipinski definition) is 3. The lowest BCUT2D eigenvalue weighted by molar-refractivity contribution is -0.128. The molecule has 1 amide bonds. The minimum absolute atomic E-state index is 0.0384. The van der Waals surface area contributed by atoms with E-state index in [2.05, 4.69) is 15.6 Å². The summed E-state index contributed by atoms with van der Waals surface area (Å²) in [5.74, 6) is 0.518. The van der Waals surface area contributed by atoms with Gasteiger partial charge in [0, 0.05) is 18.0 Å². The molecule has 5 nitrogen and oxygen atoms in total. The van der Waals surface area contributed by atoms with Crippen LogP contribution in [0.4, 0.5) is 0 Å². The highest BCUT2D eigenvalue weighted by Gasteiger charge is 2.21. The van der Waals surface area contributed by atoms with Crippen LogP contribution in [0, 0.1) is 5.41 Å². The first-order valence-corrected chi connectivity index (χ1v) is 5.74. The van der Waals surface area contributed by atoms with Crippen LogP contribution in [0.5, 0.6) is 0 Å². The van der Waals surface area contributed by atoms with Crippen LogP contribution < -0.4 is 16.4 Å². The van der Waals surface area contributed by atoms with Gasteiger partial charge in [-0.2, -0.15) is 0 Å². The predicted molar refractivity (Wildman–Crippen MR) is 65.1 cm³/mol. The Morgan fingerprint density at radius 3 is 2.56 bits per heavy atom. The van der Waals surface area contributed by atoms with E-state index in [0.717, 1.165) is 0 Å². The lowest BCUT2D eigenvalue weighted by atomic mass is 9.96. The maximum atomic E-state index is 11.5. The summed E-state index contributed by atoms with van der Waals surface area (Å²) in [5.41, 5.74) is 5.30. The Morgan fingerprint density at radius 2 is 2.06 bits per heavy atom. The van der Waals surface area contributed by atoms with Gasteiger partial charge in [-0.25, -0.2) is 0 Å². The topological polar surface area (TPSA) is 79.5 Å². The third kappa shape index (κ3) is 5.00. The van der Waals surface area contributed by atoms with Gasteiger partial charge in [-0.05, 0) is 12.8 Å². The van der Waals surface area contributed by atoms with Crippen molar-refractivity contribution >= 4 is 11.9 Å². The van der Waals surface area contributed by atoms with Crippen LogP contribution in [0.15, 0.2) is 4.99 Å². The number of aliphatic imine (C=N–C) groups is 1. The number of nitrogens with zero attached hydrogens (tertiary/aromatic N) is 1. The first-order chi connectivity index (χ1) is 7.39. The van der Waals surface area contributed by atoms with Gasteiger partial charge in [-0.1, -0.05) is 20.8 Å². The number of rotatable bonds is 4. The molecule has 4 N–H and O–H groups in total. The van der Waals surface area contributed by atoms with Crippen molar-refractivity contribution in [1.29, 1.82) is 0 Å². The SMILES string of the molecule is CC(C)(C)C(=O)NCCN=C(N)NC1CC1. The quantitative estimate of drug-likeness (QED) is 0.364. The normalized spacial score (nSPS) is 17.1. The predicted octanol–water partition coefficient (Wildman–Crippen LogP) is 0.215. The van der Waals surface area contributed by atoms with Crippen LogP contribution >= 0.6 is 0 Å². The zero-order valence-electron chi connectivity index (χ0n) is 10.3. The van der Waals surface area contributed by atoms with Gasteiger partial charge in [-0.3, -0.25) is 9.79 Å². The van der Waals surface area contributed by atoms with Crippen LogP contribution in [-0.2, 0) is 4.79 Å². The second kappa shape index (κ2) is 5.18. The van der Waals surface area contributed by atoms with E-state index in [9.17, 15) is 4.79 Å². The van der Waals surface area contributed by atoms with Crippen LogP contribution in [-0.4, -0.2) is 31.0 Å². The van der Waals surface area contributed by atoms with E-state index < -0.39 is 0 Å². The standard InChI is InChI=1S/C11H22N4O/c1-11(2,3)9(16)13-6-7-14-10(12)15-8-4-5-8/h8H,4-7H2,1-3H3,(H,13,16)(H3,12,14,15). The Kier molecular flexibility index (Phi) is 4.15. The van der Waals surface area contributed by atoms with E-state index >= 15 is 0 Å². The molecule has 0 aromatic carbocycles. The summed E-state index contributed by atoms with van der Waals surface area (Å²) >= 11 is 0. The molecule has 92 valence electrons. The van der Waals surface area contributed by atoms with Crippen molar-refractivity contribution in [1.82, 2.24) is 10.6 Å². The molecule has 1 fully saturated rings. The summed E-state index contributed by atoms with van der Waals surface area (Å²) in [6, 6.07) is 0.521. The highest BCUT2D eigenvalue weighted by Crippen LogP contribution is 2.17. The van der Waals surface area contributed by atoms with E-state index in [1.807, 2.05) is 20.8 Å². The van der Waals surface area contributed by atoms with Crippen LogP contribution in [0.1, 0.15) is 33.6 Å². The zero-order chi connectivity index (χ0) is 12.2. The molecule has 0 atom stereocenters. The summed E-state index contributed by atoms with van der Waals surface area (Å²) in [7, 11) is 0. The number of guanidine groups is 1. The molecule has 0 aromatic rings. The molecule has 1 aliphatic rings. The Morgan fingerprint density at radius 1 is 1.44 bits per heavy atom. The summed E-state index contributed by atoms with van der Waals surface area (Å²) in [6.45, 7) is 6.70. The van der Waals surface area contributed by atoms with E-state index in [1.54, 1.807) is 0 Å². The highest BCUT2D eigenvalue weighted by atomic mass is 16.2. The van der Waals surface area contributed by atoms with Gasteiger partial charge < -0.3 is 16.4 Å². The number of nitrogens with one attached hydrogen (secondary N) is 2. The number of hydrogen-bond acceptors (Lipinski definition) is 2. The minimum Gasteiger partial charge on any atom is -0.370 e. The second-order valence-electron chi connectivity index (χ2n) is 5.19. The molecule has 0 saturated heterocycles. The van der Waals surface area contributed by atoms with Crippen LogP contribution in [0.2, 0.25) is 0 Å². The molecule has 0 aromatic heterocycles. The molecule has 16 heavy (non-hydrogen) atoms. The third-order valence-corrected chi connectivity index (χ3v) is 2.29. The molecule has 5 heteroatoms. The smallest absolute Gasteiger partial charge is 0.225 e. The third-order valence-electron chi connectivity index (χ3n) is 2.29. The van der Waals surface area contributed by atoms with E-state index in [1.165, 1.54) is 12.8 Å². The van der Waals surface area contributed by atoms with Gasteiger partial charge in [-0.15, -0.1) is 0 Å². The maximum absolute atomic E-state index is 11.5. The molecule has 1 aliphatic carbocycles. The van der Waals surface area contributed by atoms with E-state index in [-0.39, 0.29) is 11.3 Å². The number of amides is 1. The molecule has 1 rings (SSSR count). The van der Waals surface area contributed by atoms with Gasteiger partial charge in [0.25, 0.3) is 0 Å². The fraction of sp³-hybridized carbons (Fsp3) is 0.818.